The van der Waals surface area contributed by atoms with E-state index in [9.17, 15) is 0 Å². The van der Waals surface area contributed by atoms with Crippen LogP contribution < -0.4 is 4.90 Å². The Morgan fingerprint density at radius 1 is 0.380 bits per heavy atom. The number of nitrogens with zero attached hydrogens (tertiary/aromatic N) is 3. The third kappa shape index (κ3) is 5.32. The molecule has 0 aliphatic heterocycles. The van der Waals surface area contributed by atoms with Crippen LogP contribution in [0.25, 0.3) is 61.1 Å². The molecular weight excluding hydrogens is 607 g/mol. The molecule has 9 aromatic rings. The van der Waals surface area contributed by atoms with Crippen molar-refractivity contribution in [1.29, 1.82) is 0 Å². The standard InChI is InChI=1S/C47H33N3/c1-6-16-34(17-7-1)35-26-28-41(29-27-35)49(40-24-14-5-15-25-40)42-30-31-43-39(32-42)33-44(36-18-8-2-9-19-36)50-47(43)45(37-20-10-3-11-21-37)46(48-50)38-22-12-4-13-23-38/h1-33H. The molecule has 0 aliphatic carbocycles. The Kier molecular flexibility index (Phi) is 7.49. The molecule has 7 aromatic carbocycles. The van der Waals surface area contributed by atoms with Crippen LogP contribution in [0, 0.1) is 0 Å². The first-order valence-electron chi connectivity index (χ1n) is 17.0. The van der Waals surface area contributed by atoms with E-state index in [2.05, 4.69) is 210 Å². The predicted octanol–water partition coefficient (Wildman–Crippen LogP) is 12.6. The smallest absolute Gasteiger partial charge is 0.101 e. The quantitative estimate of drug-likeness (QED) is 0.173. The summed E-state index contributed by atoms with van der Waals surface area (Å²) in [5.74, 6) is 0. The molecule has 0 saturated heterocycles. The van der Waals surface area contributed by atoms with Gasteiger partial charge in [0.25, 0.3) is 0 Å². The summed E-state index contributed by atoms with van der Waals surface area (Å²) in [5.41, 5.74) is 13.3. The highest BCUT2D eigenvalue weighted by atomic mass is 15.2. The topological polar surface area (TPSA) is 20.5 Å². The predicted molar refractivity (Wildman–Crippen MR) is 209 cm³/mol. The Hall–Kier alpha value is -6.71. The van der Waals surface area contributed by atoms with Crippen LogP contribution in [0.15, 0.2) is 200 Å². The fourth-order valence-electron chi connectivity index (χ4n) is 7.02. The second kappa shape index (κ2) is 12.7. The highest BCUT2D eigenvalue weighted by Crippen LogP contribution is 2.43. The number of pyridine rings is 1. The van der Waals surface area contributed by atoms with Crippen LogP contribution in [0.4, 0.5) is 17.1 Å². The Labute approximate surface area is 292 Å². The van der Waals surface area contributed by atoms with Gasteiger partial charge in [-0.2, -0.15) is 5.10 Å². The molecule has 0 N–H and O–H groups in total. The first kappa shape index (κ1) is 29.4. The fourth-order valence-corrected chi connectivity index (χ4v) is 7.02. The molecule has 0 fully saturated rings. The number of rotatable bonds is 7. The van der Waals surface area contributed by atoms with Gasteiger partial charge in [0, 0.05) is 39.1 Å². The number of anilines is 3. The first-order valence-corrected chi connectivity index (χ1v) is 17.0. The molecule has 9 rings (SSSR count). The normalized spacial score (nSPS) is 11.2. The molecule has 3 heteroatoms. The van der Waals surface area contributed by atoms with Crippen LogP contribution >= 0.6 is 0 Å². The molecule has 50 heavy (non-hydrogen) atoms. The number of para-hydroxylation sites is 1. The van der Waals surface area contributed by atoms with Crippen LogP contribution in [0.3, 0.4) is 0 Å². The lowest BCUT2D eigenvalue weighted by atomic mass is 9.96. The molecule has 2 heterocycles. The van der Waals surface area contributed by atoms with E-state index >= 15 is 0 Å². The van der Waals surface area contributed by atoms with E-state index in [1.165, 1.54) is 11.1 Å². The second-order valence-corrected chi connectivity index (χ2v) is 12.5. The first-order chi connectivity index (χ1) is 24.8. The van der Waals surface area contributed by atoms with E-state index in [4.69, 9.17) is 5.10 Å². The fraction of sp³-hybridized carbons (Fsp3) is 0. The van der Waals surface area contributed by atoms with E-state index in [0.717, 1.165) is 67.0 Å². The molecule has 0 radical (unpaired) electrons. The van der Waals surface area contributed by atoms with Crippen molar-refractivity contribution >= 4 is 33.4 Å². The maximum absolute atomic E-state index is 5.38. The summed E-state index contributed by atoms with van der Waals surface area (Å²) < 4.78 is 2.15. The Bertz CT molecular complexity index is 2540. The van der Waals surface area contributed by atoms with Gasteiger partial charge in [-0.25, -0.2) is 4.52 Å². The van der Waals surface area contributed by atoms with Gasteiger partial charge < -0.3 is 4.90 Å². The molecule has 0 bridgehead atoms. The van der Waals surface area contributed by atoms with Crippen molar-refractivity contribution in [3.8, 4) is 44.8 Å². The summed E-state index contributed by atoms with van der Waals surface area (Å²) in [6.45, 7) is 0. The Morgan fingerprint density at radius 2 is 0.860 bits per heavy atom. The van der Waals surface area contributed by atoms with Gasteiger partial charge in [-0.05, 0) is 64.5 Å². The lowest BCUT2D eigenvalue weighted by molar-refractivity contribution is 0.979. The molecule has 236 valence electrons. The molecule has 0 amide bonds. The third-order valence-corrected chi connectivity index (χ3v) is 9.38. The van der Waals surface area contributed by atoms with Gasteiger partial charge in [0.15, 0.2) is 0 Å². The minimum absolute atomic E-state index is 0.968. The number of benzene rings is 7. The van der Waals surface area contributed by atoms with Gasteiger partial charge in [0.05, 0.1) is 11.2 Å². The van der Waals surface area contributed by atoms with Crippen molar-refractivity contribution in [1.82, 2.24) is 9.61 Å². The van der Waals surface area contributed by atoms with Gasteiger partial charge in [0.2, 0.25) is 0 Å². The van der Waals surface area contributed by atoms with E-state index in [1.807, 2.05) is 0 Å². The van der Waals surface area contributed by atoms with E-state index in [0.29, 0.717) is 0 Å². The lowest BCUT2D eigenvalue weighted by Crippen LogP contribution is -2.09. The summed E-state index contributed by atoms with van der Waals surface area (Å²) in [4.78, 5) is 2.34. The lowest BCUT2D eigenvalue weighted by Gasteiger charge is -2.26. The maximum Gasteiger partial charge on any atom is 0.101 e. The van der Waals surface area contributed by atoms with Crippen LogP contribution in [-0.4, -0.2) is 9.61 Å². The average Bonchev–Trinajstić information content (AvgIpc) is 3.61. The average molecular weight is 640 g/mol. The molecule has 0 aliphatic rings. The molecule has 0 unspecified atom stereocenters. The van der Waals surface area contributed by atoms with Gasteiger partial charge in [-0.3, -0.25) is 0 Å². The van der Waals surface area contributed by atoms with E-state index < -0.39 is 0 Å². The molecule has 3 nitrogen and oxygen atoms in total. The van der Waals surface area contributed by atoms with Crippen LogP contribution in [0.1, 0.15) is 0 Å². The van der Waals surface area contributed by atoms with Crippen LogP contribution in [-0.2, 0) is 0 Å². The van der Waals surface area contributed by atoms with Gasteiger partial charge in [-0.15, -0.1) is 0 Å². The zero-order valence-corrected chi connectivity index (χ0v) is 27.4. The van der Waals surface area contributed by atoms with Crippen molar-refractivity contribution in [2.75, 3.05) is 4.90 Å². The number of hydrogen-bond donors (Lipinski definition) is 0. The molecule has 2 aromatic heterocycles. The minimum Gasteiger partial charge on any atom is -0.310 e. The van der Waals surface area contributed by atoms with E-state index in [-0.39, 0.29) is 0 Å². The van der Waals surface area contributed by atoms with Crippen molar-refractivity contribution in [3.63, 3.8) is 0 Å². The second-order valence-electron chi connectivity index (χ2n) is 12.5. The summed E-state index contributed by atoms with van der Waals surface area (Å²) in [6, 6.07) is 70.9. The van der Waals surface area contributed by atoms with E-state index in [1.54, 1.807) is 0 Å². The summed E-state index contributed by atoms with van der Waals surface area (Å²) >= 11 is 0. The van der Waals surface area contributed by atoms with Crippen molar-refractivity contribution in [2.24, 2.45) is 0 Å². The summed E-state index contributed by atoms with van der Waals surface area (Å²) in [6.07, 6.45) is 0. The minimum atomic E-state index is 0.968. The van der Waals surface area contributed by atoms with Crippen LogP contribution in [0.5, 0.6) is 0 Å². The Morgan fingerprint density at radius 3 is 1.48 bits per heavy atom. The molecule has 0 spiro atoms. The van der Waals surface area contributed by atoms with Crippen molar-refractivity contribution in [3.05, 3.63) is 200 Å². The zero-order valence-electron chi connectivity index (χ0n) is 27.4. The Balaban J connectivity index is 1.30. The van der Waals surface area contributed by atoms with Crippen LogP contribution in [0.2, 0.25) is 0 Å². The molecular formula is C47H33N3. The number of fused-ring (bicyclic) bond motifs is 3. The molecule has 0 saturated carbocycles. The third-order valence-electron chi connectivity index (χ3n) is 9.38. The highest BCUT2D eigenvalue weighted by molar-refractivity contribution is 6.09. The monoisotopic (exact) mass is 639 g/mol. The summed E-state index contributed by atoms with van der Waals surface area (Å²) in [5, 5.41) is 7.67. The van der Waals surface area contributed by atoms with Gasteiger partial charge >= 0.3 is 0 Å². The highest BCUT2D eigenvalue weighted by Gasteiger charge is 2.22. The number of hydrogen-bond acceptors (Lipinski definition) is 2. The van der Waals surface area contributed by atoms with Crippen molar-refractivity contribution in [2.45, 2.75) is 0 Å². The van der Waals surface area contributed by atoms with Gasteiger partial charge in [0.1, 0.15) is 5.69 Å². The summed E-state index contributed by atoms with van der Waals surface area (Å²) in [7, 11) is 0. The van der Waals surface area contributed by atoms with Crippen molar-refractivity contribution < 1.29 is 0 Å². The maximum atomic E-state index is 5.38. The largest absolute Gasteiger partial charge is 0.310 e. The SMILES string of the molecule is c1ccc(-c2ccc(N(c3ccccc3)c3ccc4c(c3)cc(-c3ccccc3)n3nc(-c5ccccc5)c(-c5ccccc5)c43)cc2)cc1. The zero-order chi connectivity index (χ0) is 33.3. The number of aromatic nitrogens is 2. The molecule has 0 atom stereocenters. The van der Waals surface area contributed by atoms with Gasteiger partial charge in [-0.1, -0.05) is 158 Å².